The number of hydrogen-bond acceptors (Lipinski definition) is 5. The molecule has 1 fully saturated rings. The molecule has 2 aliphatic heterocycles. The molecule has 3 aromatic carbocycles. The van der Waals surface area contributed by atoms with E-state index in [-0.39, 0.29) is 5.82 Å². The predicted molar refractivity (Wildman–Crippen MR) is 122 cm³/mol. The Morgan fingerprint density at radius 1 is 0.800 bits per heavy atom. The number of amidine groups is 1. The van der Waals surface area contributed by atoms with Crippen molar-refractivity contribution in [3.8, 4) is 0 Å². The third-order valence-electron chi connectivity index (χ3n) is 5.81. The molecule has 0 saturated carbocycles. The van der Waals surface area contributed by atoms with Gasteiger partial charge in [-0.3, -0.25) is 9.89 Å². The molecular formula is C24H24FN5. The highest BCUT2D eigenvalue weighted by atomic mass is 19.1. The minimum atomic E-state index is -0.152. The number of nitrogens with zero attached hydrogens (tertiary/aromatic N) is 5. The largest absolute Gasteiger partial charge is 0.367 e. The lowest BCUT2D eigenvalue weighted by atomic mass is 10.1. The van der Waals surface area contributed by atoms with Gasteiger partial charge in [-0.05, 0) is 23.6 Å². The van der Waals surface area contributed by atoms with Crippen molar-refractivity contribution in [2.45, 2.75) is 0 Å². The number of hydrogen-bond donors (Lipinski definition) is 0. The van der Waals surface area contributed by atoms with Gasteiger partial charge in [-0.2, -0.15) is 0 Å². The van der Waals surface area contributed by atoms with Gasteiger partial charge in [-0.1, -0.05) is 48.5 Å². The van der Waals surface area contributed by atoms with Gasteiger partial charge >= 0.3 is 0 Å². The Kier molecular flexibility index (Phi) is 5.15. The molecule has 0 spiro atoms. The van der Waals surface area contributed by atoms with Crippen LogP contribution in [0.15, 0.2) is 76.7 Å². The standard InChI is InChI=1S/C24H24FN5/c25-21-9-3-4-10-23(21)29-14-12-28(13-15-29)16-24-27-17-26-18-30(24)22-11-5-7-19-6-1-2-8-20(19)22/h1-11,17H,12-16,18H2. The van der Waals surface area contributed by atoms with Crippen LogP contribution < -0.4 is 9.80 Å². The zero-order valence-electron chi connectivity index (χ0n) is 16.8. The average Bonchev–Trinajstić information content (AvgIpc) is 2.80. The normalized spacial score (nSPS) is 17.4. The molecule has 6 heteroatoms. The quantitative estimate of drug-likeness (QED) is 0.663. The van der Waals surface area contributed by atoms with Crippen molar-refractivity contribution >= 4 is 34.3 Å². The number of fused-ring (bicyclic) bond motifs is 1. The second-order valence-corrected chi connectivity index (χ2v) is 7.63. The Labute approximate surface area is 175 Å². The average molecular weight is 401 g/mol. The maximum absolute atomic E-state index is 14.1. The van der Waals surface area contributed by atoms with Gasteiger partial charge in [0.25, 0.3) is 0 Å². The molecule has 5 nitrogen and oxygen atoms in total. The predicted octanol–water partition coefficient (Wildman–Crippen LogP) is 4.01. The number of anilines is 2. The summed E-state index contributed by atoms with van der Waals surface area (Å²) in [6.07, 6.45) is 1.66. The summed E-state index contributed by atoms with van der Waals surface area (Å²) in [4.78, 5) is 15.7. The van der Waals surface area contributed by atoms with Crippen molar-refractivity contribution in [1.82, 2.24) is 4.90 Å². The second-order valence-electron chi connectivity index (χ2n) is 7.63. The summed E-state index contributed by atoms with van der Waals surface area (Å²) in [6.45, 7) is 4.66. The number of para-hydroxylation sites is 1. The molecule has 5 rings (SSSR count). The molecule has 152 valence electrons. The SMILES string of the molecule is Fc1ccccc1N1CCN(CC2=NC=NCN2c2cccc3ccccc23)CC1. The maximum atomic E-state index is 14.1. The van der Waals surface area contributed by atoms with Crippen LogP contribution in [0.4, 0.5) is 15.8 Å². The molecule has 0 N–H and O–H groups in total. The molecule has 0 unspecified atom stereocenters. The fraction of sp³-hybridized carbons (Fsp3) is 0.250. The molecule has 0 amide bonds. The topological polar surface area (TPSA) is 34.4 Å². The van der Waals surface area contributed by atoms with E-state index in [9.17, 15) is 4.39 Å². The van der Waals surface area contributed by atoms with Crippen molar-refractivity contribution < 1.29 is 4.39 Å². The van der Waals surface area contributed by atoms with Gasteiger partial charge in [0, 0.05) is 31.6 Å². The first kappa shape index (κ1) is 18.8. The van der Waals surface area contributed by atoms with Gasteiger partial charge in [0.1, 0.15) is 24.7 Å². The molecule has 0 aliphatic carbocycles. The smallest absolute Gasteiger partial charge is 0.146 e. The number of piperazine rings is 1. The molecule has 3 aromatic rings. The molecule has 2 aliphatic rings. The van der Waals surface area contributed by atoms with Gasteiger partial charge < -0.3 is 9.80 Å². The molecule has 2 heterocycles. The highest BCUT2D eigenvalue weighted by molar-refractivity contribution is 6.09. The van der Waals surface area contributed by atoms with Crippen molar-refractivity contribution in [2.24, 2.45) is 9.98 Å². The van der Waals surface area contributed by atoms with E-state index in [1.54, 1.807) is 12.4 Å². The zero-order chi connectivity index (χ0) is 20.3. The van der Waals surface area contributed by atoms with Gasteiger partial charge in [0.05, 0.1) is 17.9 Å². The highest BCUT2D eigenvalue weighted by Gasteiger charge is 2.24. The van der Waals surface area contributed by atoms with Gasteiger partial charge in [-0.15, -0.1) is 0 Å². The van der Waals surface area contributed by atoms with Crippen LogP contribution in [0.3, 0.4) is 0 Å². The van der Waals surface area contributed by atoms with Gasteiger partial charge in [-0.25, -0.2) is 9.38 Å². The summed E-state index contributed by atoms with van der Waals surface area (Å²) in [5.74, 6) is 0.849. The van der Waals surface area contributed by atoms with Crippen LogP contribution in [0.1, 0.15) is 0 Å². The molecule has 0 aromatic heterocycles. The van der Waals surface area contributed by atoms with E-state index in [4.69, 9.17) is 0 Å². The summed E-state index contributed by atoms with van der Waals surface area (Å²) in [5.41, 5.74) is 1.82. The first-order valence-corrected chi connectivity index (χ1v) is 10.3. The fourth-order valence-corrected chi connectivity index (χ4v) is 4.22. The number of rotatable bonds is 4. The van der Waals surface area contributed by atoms with E-state index in [0.717, 1.165) is 44.2 Å². The van der Waals surface area contributed by atoms with Gasteiger partial charge in [0.2, 0.25) is 0 Å². The van der Waals surface area contributed by atoms with Crippen LogP contribution in [-0.4, -0.2) is 56.5 Å². The monoisotopic (exact) mass is 401 g/mol. The lowest BCUT2D eigenvalue weighted by Gasteiger charge is -2.38. The molecule has 30 heavy (non-hydrogen) atoms. The van der Waals surface area contributed by atoms with E-state index in [2.05, 4.69) is 67.1 Å². The van der Waals surface area contributed by atoms with Crippen LogP contribution in [0.25, 0.3) is 10.8 Å². The summed E-state index contributed by atoms with van der Waals surface area (Å²) >= 11 is 0. The molecular weight excluding hydrogens is 377 g/mol. The fourth-order valence-electron chi connectivity index (χ4n) is 4.22. The molecule has 0 atom stereocenters. The minimum absolute atomic E-state index is 0.152. The summed E-state index contributed by atoms with van der Waals surface area (Å²) in [5, 5.41) is 2.41. The van der Waals surface area contributed by atoms with Crippen LogP contribution in [0, 0.1) is 5.82 Å². The van der Waals surface area contributed by atoms with Crippen LogP contribution in [-0.2, 0) is 0 Å². The highest BCUT2D eigenvalue weighted by Crippen LogP contribution is 2.28. The van der Waals surface area contributed by atoms with E-state index in [1.165, 1.54) is 16.8 Å². The Morgan fingerprint density at radius 2 is 1.53 bits per heavy atom. The Bertz CT molecular complexity index is 1100. The van der Waals surface area contributed by atoms with Gasteiger partial charge in [0.15, 0.2) is 0 Å². The third-order valence-corrected chi connectivity index (χ3v) is 5.81. The lowest BCUT2D eigenvalue weighted by Crippen LogP contribution is -2.51. The second kappa shape index (κ2) is 8.24. The molecule has 0 bridgehead atoms. The zero-order valence-corrected chi connectivity index (χ0v) is 16.8. The van der Waals surface area contributed by atoms with E-state index >= 15 is 0 Å². The number of aliphatic imine (C=N–C) groups is 2. The number of halogens is 1. The minimum Gasteiger partial charge on any atom is -0.367 e. The van der Waals surface area contributed by atoms with E-state index < -0.39 is 0 Å². The van der Waals surface area contributed by atoms with Crippen molar-refractivity contribution in [3.05, 3.63) is 72.5 Å². The molecule has 0 radical (unpaired) electrons. The third kappa shape index (κ3) is 3.66. The Hall–Kier alpha value is -3.25. The summed E-state index contributed by atoms with van der Waals surface area (Å²) < 4.78 is 14.1. The van der Waals surface area contributed by atoms with E-state index in [0.29, 0.717) is 12.4 Å². The Morgan fingerprint density at radius 3 is 2.40 bits per heavy atom. The Balaban J connectivity index is 1.31. The lowest BCUT2D eigenvalue weighted by molar-refractivity contribution is 0.290. The van der Waals surface area contributed by atoms with Crippen LogP contribution >= 0.6 is 0 Å². The first-order valence-electron chi connectivity index (χ1n) is 10.3. The number of benzene rings is 3. The van der Waals surface area contributed by atoms with Crippen LogP contribution in [0.2, 0.25) is 0 Å². The van der Waals surface area contributed by atoms with E-state index in [1.807, 2.05) is 12.1 Å². The van der Waals surface area contributed by atoms with Crippen molar-refractivity contribution in [2.75, 3.05) is 49.2 Å². The summed E-state index contributed by atoms with van der Waals surface area (Å²) in [6, 6.07) is 21.8. The first-order chi connectivity index (χ1) is 14.8. The maximum Gasteiger partial charge on any atom is 0.146 e. The molecule has 1 saturated heterocycles. The van der Waals surface area contributed by atoms with Crippen molar-refractivity contribution in [1.29, 1.82) is 0 Å². The summed E-state index contributed by atoms with van der Waals surface area (Å²) in [7, 11) is 0. The van der Waals surface area contributed by atoms with Crippen LogP contribution in [0.5, 0.6) is 0 Å². The van der Waals surface area contributed by atoms with Crippen molar-refractivity contribution in [3.63, 3.8) is 0 Å².